The molecule has 0 aromatic carbocycles. The number of likely N-dealkylation sites (tertiary alicyclic amines) is 1. The van der Waals surface area contributed by atoms with E-state index in [0.29, 0.717) is 6.04 Å². The van der Waals surface area contributed by atoms with E-state index in [1.807, 2.05) is 27.7 Å². The van der Waals surface area contributed by atoms with Crippen LogP contribution in [0.4, 0.5) is 0 Å². The molecule has 2 rings (SSSR count). The van der Waals surface area contributed by atoms with Crippen molar-refractivity contribution in [2.45, 2.75) is 78.5 Å². The summed E-state index contributed by atoms with van der Waals surface area (Å²) in [5, 5.41) is 13.3. The van der Waals surface area contributed by atoms with Gasteiger partial charge in [-0.2, -0.15) is 0 Å². The normalized spacial score (nSPS) is 30.5. The summed E-state index contributed by atoms with van der Waals surface area (Å²) in [7, 11) is 0. The molecule has 128 valence electrons. The number of hydrogen-bond donors (Lipinski definition) is 2. The van der Waals surface area contributed by atoms with Gasteiger partial charge in [0.15, 0.2) is 0 Å². The molecule has 1 saturated heterocycles. The second-order valence-corrected chi connectivity index (χ2v) is 8.54. The zero-order valence-corrected chi connectivity index (χ0v) is 14.9. The average Bonchev–Trinajstić information content (AvgIpc) is 2.34. The fourth-order valence-electron chi connectivity index (χ4n) is 3.58. The maximum Gasteiger partial charge on any atom is 0.225 e. The molecular formula is C18H34N2O2. The Morgan fingerprint density at radius 2 is 1.82 bits per heavy atom. The fraction of sp³-hybridized carbons (Fsp3) is 0.944. The van der Waals surface area contributed by atoms with E-state index < -0.39 is 0 Å². The number of aliphatic hydroxyl groups excluding tert-OH is 1. The number of amides is 1. The lowest BCUT2D eigenvalue weighted by Crippen LogP contribution is -2.57. The van der Waals surface area contributed by atoms with Crippen LogP contribution < -0.4 is 5.32 Å². The van der Waals surface area contributed by atoms with Gasteiger partial charge in [0.1, 0.15) is 0 Å². The topological polar surface area (TPSA) is 52.6 Å². The lowest BCUT2D eigenvalue weighted by molar-refractivity contribution is -0.130. The molecule has 4 nitrogen and oxygen atoms in total. The number of nitrogens with zero attached hydrogens (tertiary/aromatic N) is 1. The van der Waals surface area contributed by atoms with E-state index in [-0.39, 0.29) is 29.4 Å². The molecule has 0 aromatic rings. The van der Waals surface area contributed by atoms with Crippen molar-refractivity contribution in [3.05, 3.63) is 0 Å². The second-order valence-electron chi connectivity index (χ2n) is 8.54. The van der Waals surface area contributed by atoms with E-state index in [9.17, 15) is 9.90 Å². The Balaban J connectivity index is 2.01. The molecule has 1 amide bonds. The van der Waals surface area contributed by atoms with Gasteiger partial charge in [-0.15, -0.1) is 0 Å². The van der Waals surface area contributed by atoms with Crippen molar-refractivity contribution in [3.63, 3.8) is 0 Å². The second kappa shape index (κ2) is 6.88. The summed E-state index contributed by atoms with van der Waals surface area (Å²) in [6.07, 6.45) is 4.58. The number of hydrogen-bond acceptors (Lipinski definition) is 3. The van der Waals surface area contributed by atoms with Crippen molar-refractivity contribution in [2.75, 3.05) is 13.1 Å². The number of aliphatic hydroxyl groups is 1. The summed E-state index contributed by atoms with van der Waals surface area (Å²) in [5.74, 6) is 1.16. The first-order chi connectivity index (χ1) is 10.2. The van der Waals surface area contributed by atoms with E-state index in [0.717, 1.165) is 25.4 Å². The van der Waals surface area contributed by atoms with Gasteiger partial charge in [-0.05, 0) is 44.9 Å². The number of rotatable bonds is 4. The summed E-state index contributed by atoms with van der Waals surface area (Å²) in [6.45, 7) is 11.9. The van der Waals surface area contributed by atoms with Crippen molar-refractivity contribution in [2.24, 2.45) is 17.3 Å². The third kappa shape index (κ3) is 4.23. The van der Waals surface area contributed by atoms with Gasteiger partial charge in [-0.25, -0.2) is 0 Å². The van der Waals surface area contributed by atoms with Crippen LogP contribution in [-0.2, 0) is 4.79 Å². The van der Waals surface area contributed by atoms with Gasteiger partial charge in [0.2, 0.25) is 5.91 Å². The van der Waals surface area contributed by atoms with Crippen LogP contribution in [-0.4, -0.2) is 47.2 Å². The molecule has 0 radical (unpaired) electrons. The highest BCUT2D eigenvalue weighted by molar-refractivity contribution is 5.81. The van der Waals surface area contributed by atoms with Gasteiger partial charge in [0, 0.05) is 30.6 Å². The van der Waals surface area contributed by atoms with Gasteiger partial charge < -0.3 is 10.4 Å². The van der Waals surface area contributed by atoms with Crippen LogP contribution in [0.1, 0.15) is 60.3 Å². The molecule has 0 spiro atoms. The molecule has 2 N–H and O–H groups in total. The molecule has 1 saturated carbocycles. The molecular weight excluding hydrogens is 276 g/mol. The van der Waals surface area contributed by atoms with Gasteiger partial charge >= 0.3 is 0 Å². The standard InChI is InChI=1S/C18H34N2O2/c1-12(14-7-6-8-14)20-10-15(13(2)21)9-16(11-20)19-17(22)18(3,4)5/h12-16,21H,6-11H2,1-5H3,(H,19,22). The highest BCUT2D eigenvalue weighted by Crippen LogP contribution is 2.34. The highest BCUT2D eigenvalue weighted by Gasteiger charge is 2.37. The van der Waals surface area contributed by atoms with E-state index in [1.165, 1.54) is 19.3 Å². The van der Waals surface area contributed by atoms with Crippen LogP contribution in [0.15, 0.2) is 0 Å². The number of carbonyl (C=O) groups is 1. The average molecular weight is 310 g/mol. The summed E-state index contributed by atoms with van der Waals surface area (Å²) < 4.78 is 0. The van der Waals surface area contributed by atoms with Gasteiger partial charge in [-0.1, -0.05) is 27.2 Å². The van der Waals surface area contributed by atoms with E-state index in [2.05, 4.69) is 17.1 Å². The van der Waals surface area contributed by atoms with Crippen molar-refractivity contribution < 1.29 is 9.90 Å². The minimum Gasteiger partial charge on any atom is -0.393 e. The zero-order valence-electron chi connectivity index (χ0n) is 14.9. The molecule has 2 aliphatic rings. The Bertz CT molecular complexity index is 385. The highest BCUT2D eigenvalue weighted by atomic mass is 16.3. The smallest absolute Gasteiger partial charge is 0.225 e. The monoisotopic (exact) mass is 310 g/mol. The lowest BCUT2D eigenvalue weighted by atomic mass is 9.78. The number of nitrogens with one attached hydrogen (secondary N) is 1. The molecule has 0 bridgehead atoms. The lowest BCUT2D eigenvalue weighted by Gasteiger charge is -2.46. The molecule has 1 heterocycles. The van der Waals surface area contributed by atoms with Crippen molar-refractivity contribution >= 4 is 5.91 Å². The number of piperidine rings is 1. The zero-order chi connectivity index (χ0) is 16.5. The van der Waals surface area contributed by atoms with Crippen LogP contribution in [0.5, 0.6) is 0 Å². The largest absolute Gasteiger partial charge is 0.393 e. The van der Waals surface area contributed by atoms with Crippen LogP contribution in [0, 0.1) is 17.3 Å². The van der Waals surface area contributed by atoms with Crippen molar-refractivity contribution in [1.82, 2.24) is 10.2 Å². The van der Waals surface area contributed by atoms with Gasteiger partial charge in [-0.3, -0.25) is 9.69 Å². The van der Waals surface area contributed by atoms with E-state index in [4.69, 9.17) is 0 Å². The van der Waals surface area contributed by atoms with Crippen molar-refractivity contribution in [3.8, 4) is 0 Å². The van der Waals surface area contributed by atoms with Crippen LogP contribution >= 0.6 is 0 Å². The quantitative estimate of drug-likeness (QED) is 0.838. The molecule has 1 aliphatic heterocycles. The molecule has 0 aromatic heterocycles. The molecule has 4 atom stereocenters. The first-order valence-electron chi connectivity index (χ1n) is 8.91. The third-order valence-corrected chi connectivity index (χ3v) is 5.62. The van der Waals surface area contributed by atoms with Gasteiger partial charge in [0.25, 0.3) is 0 Å². The summed E-state index contributed by atoms with van der Waals surface area (Å²) in [6, 6.07) is 0.715. The summed E-state index contributed by atoms with van der Waals surface area (Å²) in [5.41, 5.74) is -0.359. The molecule has 4 unspecified atom stereocenters. The Labute approximate surface area is 135 Å². The summed E-state index contributed by atoms with van der Waals surface area (Å²) >= 11 is 0. The predicted molar refractivity (Wildman–Crippen MR) is 89.5 cm³/mol. The summed E-state index contributed by atoms with van der Waals surface area (Å²) in [4.78, 5) is 14.8. The Kier molecular flexibility index (Phi) is 5.54. The van der Waals surface area contributed by atoms with Crippen LogP contribution in [0.25, 0.3) is 0 Å². The Morgan fingerprint density at radius 1 is 1.18 bits per heavy atom. The Hall–Kier alpha value is -0.610. The first-order valence-corrected chi connectivity index (χ1v) is 8.91. The van der Waals surface area contributed by atoms with E-state index in [1.54, 1.807) is 0 Å². The minimum absolute atomic E-state index is 0.111. The van der Waals surface area contributed by atoms with Crippen molar-refractivity contribution in [1.29, 1.82) is 0 Å². The molecule has 4 heteroatoms. The maximum absolute atomic E-state index is 12.3. The molecule has 1 aliphatic carbocycles. The molecule has 2 fully saturated rings. The predicted octanol–water partition coefficient (Wildman–Crippen LogP) is 2.41. The molecule has 22 heavy (non-hydrogen) atoms. The van der Waals surface area contributed by atoms with Gasteiger partial charge in [0.05, 0.1) is 6.10 Å². The number of carbonyl (C=O) groups excluding carboxylic acids is 1. The first kappa shape index (κ1) is 17.7. The SMILES string of the molecule is CC(O)C1CC(NC(=O)C(C)(C)C)CN(C(C)C2CCC2)C1. The van der Waals surface area contributed by atoms with Crippen LogP contribution in [0.3, 0.4) is 0 Å². The van der Waals surface area contributed by atoms with E-state index >= 15 is 0 Å². The fourth-order valence-corrected chi connectivity index (χ4v) is 3.58. The Morgan fingerprint density at radius 3 is 2.27 bits per heavy atom. The van der Waals surface area contributed by atoms with Crippen LogP contribution in [0.2, 0.25) is 0 Å². The minimum atomic E-state index is -0.359. The maximum atomic E-state index is 12.3. The third-order valence-electron chi connectivity index (χ3n) is 5.62.